The first kappa shape index (κ1) is 10.5. The standard InChI is InChI=1S/C13H25N/c1-5-11-10-13(6-7-13)8-9-14(11)12(2,3)4/h11H,5-10H2,1-4H3. The van der Waals surface area contributed by atoms with E-state index in [0.29, 0.717) is 5.54 Å². The van der Waals surface area contributed by atoms with Gasteiger partial charge in [0.1, 0.15) is 0 Å². The van der Waals surface area contributed by atoms with Gasteiger partial charge in [-0.15, -0.1) is 0 Å². The first-order chi connectivity index (χ1) is 6.47. The molecule has 1 saturated carbocycles. The van der Waals surface area contributed by atoms with Crippen molar-refractivity contribution >= 4 is 0 Å². The van der Waals surface area contributed by atoms with Crippen molar-refractivity contribution in [1.29, 1.82) is 0 Å². The molecule has 14 heavy (non-hydrogen) atoms. The van der Waals surface area contributed by atoms with Crippen molar-refractivity contribution in [3.63, 3.8) is 0 Å². The number of nitrogens with zero attached hydrogens (tertiary/aromatic N) is 1. The van der Waals surface area contributed by atoms with E-state index in [4.69, 9.17) is 0 Å². The molecule has 1 unspecified atom stereocenters. The Hall–Kier alpha value is -0.0400. The zero-order valence-electron chi connectivity index (χ0n) is 10.3. The monoisotopic (exact) mass is 195 g/mol. The minimum Gasteiger partial charge on any atom is -0.296 e. The fourth-order valence-electron chi connectivity index (χ4n) is 3.13. The van der Waals surface area contributed by atoms with Crippen LogP contribution in [0.15, 0.2) is 0 Å². The van der Waals surface area contributed by atoms with Crippen LogP contribution in [-0.4, -0.2) is 23.0 Å². The molecule has 0 amide bonds. The molecular weight excluding hydrogens is 170 g/mol. The van der Waals surface area contributed by atoms with E-state index in [0.717, 1.165) is 11.5 Å². The number of piperidine rings is 1. The summed E-state index contributed by atoms with van der Waals surface area (Å²) in [6.07, 6.45) is 7.30. The quantitative estimate of drug-likeness (QED) is 0.619. The Morgan fingerprint density at radius 3 is 2.29 bits per heavy atom. The summed E-state index contributed by atoms with van der Waals surface area (Å²) in [7, 11) is 0. The van der Waals surface area contributed by atoms with Gasteiger partial charge in [0, 0.05) is 11.6 Å². The second-order valence-corrected chi connectivity index (χ2v) is 6.38. The fraction of sp³-hybridized carbons (Fsp3) is 1.00. The minimum absolute atomic E-state index is 0.372. The molecule has 1 aliphatic carbocycles. The van der Waals surface area contributed by atoms with Crippen LogP contribution < -0.4 is 0 Å². The van der Waals surface area contributed by atoms with Gasteiger partial charge in [0.2, 0.25) is 0 Å². The lowest BCUT2D eigenvalue weighted by Crippen LogP contribution is -2.52. The van der Waals surface area contributed by atoms with Crippen molar-refractivity contribution in [1.82, 2.24) is 4.90 Å². The molecule has 82 valence electrons. The smallest absolute Gasteiger partial charge is 0.0127 e. The molecule has 1 nitrogen and oxygen atoms in total. The summed E-state index contributed by atoms with van der Waals surface area (Å²) in [5, 5.41) is 0. The zero-order valence-corrected chi connectivity index (χ0v) is 10.3. The van der Waals surface area contributed by atoms with E-state index in [-0.39, 0.29) is 0 Å². The van der Waals surface area contributed by atoms with Crippen molar-refractivity contribution in [2.24, 2.45) is 5.41 Å². The van der Waals surface area contributed by atoms with E-state index in [1.807, 2.05) is 0 Å². The number of hydrogen-bond acceptors (Lipinski definition) is 1. The highest BCUT2D eigenvalue weighted by molar-refractivity contribution is 5.02. The molecular formula is C13H25N. The molecule has 0 radical (unpaired) electrons. The third-order valence-electron chi connectivity index (χ3n) is 4.28. The van der Waals surface area contributed by atoms with Gasteiger partial charge in [0.15, 0.2) is 0 Å². The van der Waals surface area contributed by atoms with Crippen LogP contribution in [0.3, 0.4) is 0 Å². The largest absolute Gasteiger partial charge is 0.296 e. The third-order valence-corrected chi connectivity index (χ3v) is 4.28. The van der Waals surface area contributed by atoms with Gasteiger partial charge in [-0.2, -0.15) is 0 Å². The van der Waals surface area contributed by atoms with Crippen molar-refractivity contribution in [3.8, 4) is 0 Å². The molecule has 0 N–H and O–H groups in total. The summed E-state index contributed by atoms with van der Waals surface area (Å²) in [6.45, 7) is 10.8. The molecule has 1 heterocycles. The molecule has 0 bridgehead atoms. The Labute approximate surface area is 88.9 Å². The summed E-state index contributed by atoms with van der Waals surface area (Å²) in [5.74, 6) is 0. The second kappa shape index (κ2) is 3.23. The van der Waals surface area contributed by atoms with Gasteiger partial charge < -0.3 is 0 Å². The predicted octanol–water partition coefficient (Wildman–Crippen LogP) is 3.44. The van der Waals surface area contributed by atoms with Crippen LogP contribution in [0.4, 0.5) is 0 Å². The average Bonchev–Trinajstić information content (AvgIpc) is 2.82. The first-order valence-corrected chi connectivity index (χ1v) is 6.24. The van der Waals surface area contributed by atoms with Crippen molar-refractivity contribution in [2.45, 2.75) is 71.4 Å². The van der Waals surface area contributed by atoms with Crippen LogP contribution in [0, 0.1) is 5.41 Å². The Morgan fingerprint density at radius 1 is 1.21 bits per heavy atom. The Kier molecular flexibility index (Phi) is 2.42. The van der Waals surface area contributed by atoms with Crippen molar-refractivity contribution in [3.05, 3.63) is 0 Å². The minimum atomic E-state index is 0.372. The number of likely N-dealkylation sites (tertiary alicyclic amines) is 1. The topological polar surface area (TPSA) is 3.24 Å². The molecule has 1 heteroatoms. The maximum absolute atomic E-state index is 2.73. The van der Waals surface area contributed by atoms with E-state index in [1.54, 1.807) is 0 Å². The van der Waals surface area contributed by atoms with E-state index >= 15 is 0 Å². The van der Waals surface area contributed by atoms with Gasteiger partial charge in [0.25, 0.3) is 0 Å². The molecule has 2 aliphatic rings. The van der Waals surface area contributed by atoms with Crippen LogP contribution in [0.5, 0.6) is 0 Å². The van der Waals surface area contributed by atoms with Crippen LogP contribution in [0.1, 0.15) is 59.8 Å². The highest BCUT2D eigenvalue weighted by Gasteiger charge is 2.48. The molecule has 0 aromatic heterocycles. The number of hydrogen-bond donors (Lipinski definition) is 0. The summed E-state index contributed by atoms with van der Waals surface area (Å²) in [4.78, 5) is 2.73. The summed E-state index contributed by atoms with van der Waals surface area (Å²) in [5.41, 5.74) is 1.18. The normalized spacial score (nSPS) is 32.1. The average molecular weight is 195 g/mol. The van der Waals surface area contributed by atoms with Gasteiger partial charge in [-0.1, -0.05) is 6.92 Å². The lowest BCUT2D eigenvalue weighted by molar-refractivity contribution is 0.0217. The molecule has 0 aromatic carbocycles. The highest BCUT2D eigenvalue weighted by atomic mass is 15.2. The van der Waals surface area contributed by atoms with Gasteiger partial charge in [-0.25, -0.2) is 0 Å². The molecule has 2 fully saturated rings. The summed E-state index contributed by atoms with van der Waals surface area (Å²) >= 11 is 0. The molecule has 2 rings (SSSR count). The van der Waals surface area contributed by atoms with Crippen LogP contribution >= 0.6 is 0 Å². The molecule has 0 aromatic rings. The van der Waals surface area contributed by atoms with E-state index in [9.17, 15) is 0 Å². The molecule has 1 saturated heterocycles. The van der Waals surface area contributed by atoms with Crippen LogP contribution in [0.25, 0.3) is 0 Å². The van der Waals surface area contributed by atoms with E-state index in [1.165, 1.54) is 38.6 Å². The summed E-state index contributed by atoms with van der Waals surface area (Å²) < 4.78 is 0. The summed E-state index contributed by atoms with van der Waals surface area (Å²) in [6, 6.07) is 0.853. The lowest BCUT2D eigenvalue weighted by Gasteiger charge is -2.47. The maximum atomic E-state index is 2.73. The highest BCUT2D eigenvalue weighted by Crippen LogP contribution is 2.56. The molecule has 1 aliphatic heterocycles. The van der Waals surface area contributed by atoms with E-state index < -0.39 is 0 Å². The van der Waals surface area contributed by atoms with Crippen LogP contribution in [0.2, 0.25) is 0 Å². The van der Waals surface area contributed by atoms with Gasteiger partial charge >= 0.3 is 0 Å². The van der Waals surface area contributed by atoms with Gasteiger partial charge in [-0.05, 0) is 64.8 Å². The predicted molar refractivity (Wildman–Crippen MR) is 61.4 cm³/mol. The Morgan fingerprint density at radius 2 is 1.86 bits per heavy atom. The molecule has 1 atom stereocenters. The first-order valence-electron chi connectivity index (χ1n) is 6.24. The fourth-order valence-corrected chi connectivity index (χ4v) is 3.13. The maximum Gasteiger partial charge on any atom is 0.0127 e. The zero-order chi connectivity index (χ0) is 10.4. The van der Waals surface area contributed by atoms with Gasteiger partial charge in [0.05, 0.1) is 0 Å². The van der Waals surface area contributed by atoms with Crippen molar-refractivity contribution < 1.29 is 0 Å². The Balaban J connectivity index is 2.05. The lowest BCUT2D eigenvalue weighted by atomic mass is 9.84. The van der Waals surface area contributed by atoms with Gasteiger partial charge in [-0.3, -0.25) is 4.90 Å². The van der Waals surface area contributed by atoms with E-state index in [2.05, 4.69) is 32.6 Å². The van der Waals surface area contributed by atoms with Crippen molar-refractivity contribution in [2.75, 3.05) is 6.54 Å². The van der Waals surface area contributed by atoms with Crippen LogP contribution in [-0.2, 0) is 0 Å². The third kappa shape index (κ3) is 1.84. The SMILES string of the molecule is CCC1CC2(CCN1C(C)(C)C)CC2. The second-order valence-electron chi connectivity index (χ2n) is 6.38. The Bertz CT molecular complexity index is 210. The molecule has 1 spiro atoms. The number of rotatable bonds is 1.